The highest BCUT2D eigenvalue weighted by molar-refractivity contribution is 5.86. The summed E-state index contributed by atoms with van der Waals surface area (Å²) in [5.41, 5.74) is 5.05. The van der Waals surface area contributed by atoms with E-state index in [4.69, 9.17) is 5.73 Å². The Morgan fingerprint density at radius 2 is 1.84 bits per heavy atom. The van der Waals surface area contributed by atoms with Gasteiger partial charge in [-0.3, -0.25) is 14.5 Å². The SMILES string of the molecule is CC1CCCC(NC(=O)CN2CCN(C(=O)C(C)NC(N)=O)CC2)C1. The van der Waals surface area contributed by atoms with Crippen LogP contribution in [0.25, 0.3) is 0 Å². The molecule has 4 amide bonds. The van der Waals surface area contributed by atoms with Gasteiger partial charge in [0.25, 0.3) is 0 Å². The highest BCUT2D eigenvalue weighted by Gasteiger charge is 2.27. The van der Waals surface area contributed by atoms with Crippen LogP contribution in [0.15, 0.2) is 0 Å². The van der Waals surface area contributed by atoms with Gasteiger partial charge in [-0.05, 0) is 25.7 Å². The summed E-state index contributed by atoms with van der Waals surface area (Å²) >= 11 is 0. The number of nitrogens with two attached hydrogens (primary N) is 1. The van der Waals surface area contributed by atoms with Crippen LogP contribution in [-0.2, 0) is 9.59 Å². The van der Waals surface area contributed by atoms with Gasteiger partial charge in [0.05, 0.1) is 6.54 Å². The number of amides is 4. The minimum absolute atomic E-state index is 0.0719. The van der Waals surface area contributed by atoms with Crippen molar-refractivity contribution in [1.29, 1.82) is 0 Å². The Hall–Kier alpha value is -1.83. The molecule has 8 nitrogen and oxygen atoms in total. The third-order valence-electron chi connectivity index (χ3n) is 5.08. The van der Waals surface area contributed by atoms with E-state index in [9.17, 15) is 14.4 Å². The van der Waals surface area contributed by atoms with E-state index < -0.39 is 12.1 Å². The number of rotatable bonds is 5. The van der Waals surface area contributed by atoms with Gasteiger partial charge >= 0.3 is 6.03 Å². The monoisotopic (exact) mass is 353 g/mol. The molecule has 0 aromatic heterocycles. The summed E-state index contributed by atoms with van der Waals surface area (Å²) in [6.45, 7) is 6.66. The quantitative estimate of drug-likeness (QED) is 0.640. The van der Waals surface area contributed by atoms with Crippen molar-refractivity contribution < 1.29 is 14.4 Å². The van der Waals surface area contributed by atoms with Gasteiger partial charge in [0.2, 0.25) is 11.8 Å². The van der Waals surface area contributed by atoms with Crippen LogP contribution in [0.2, 0.25) is 0 Å². The lowest BCUT2D eigenvalue weighted by Crippen LogP contribution is -2.56. The van der Waals surface area contributed by atoms with Crippen LogP contribution >= 0.6 is 0 Å². The molecule has 0 aromatic carbocycles. The Morgan fingerprint density at radius 3 is 2.44 bits per heavy atom. The molecule has 25 heavy (non-hydrogen) atoms. The van der Waals surface area contributed by atoms with Crippen molar-refractivity contribution in [2.45, 2.75) is 51.6 Å². The van der Waals surface area contributed by atoms with Crippen molar-refractivity contribution in [2.75, 3.05) is 32.7 Å². The Bertz CT molecular complexity index is 491. The predicted octanol–water partition coefficient (Wildman–Crippen LogP) is -0.118. The van der Waals surface area contributed by atoms with Gasteiger partial charge in [0.15, 0.2) is 0 Å². The summed E-state index contributed by atoms with van der Waals surface area (Å²) in [4.78, 5) is 39.1. The maximum absolute atomic E-state index is 12.2. The smallest absolute Gasteiger partial charge is 0.312 e. The van der Waals surface area contributed by atoms with Crippen LogP contribution in [0.5, 0.6) is 0 Å². The minimum atomic E-state index is -0.701. The number of nitrogens with zero attached hydrogens (tertiary/aromatic N) is 2. The Kier molecular flexibility index (Phi) is 7.04. The first-order chi connectivity index (χ1) is 11.8. The Morgan fingerprint density at radius 1 is 1.16 bits per heavy atom. The summed E-state index contributed by atoms with van der Waals surface area (Å²) < 4.78 is 0. The number of hydrogen-bond donors (Lipinski definition) is 3. The zero-order chi connectivity index (χ0) is 18.4. The molecule has 2 fully saturated rings. The third-order valence-corrected chi connectivity index (χ3v) is 5.08. The maximum Gasteiger partial charge on any atom is 0.312 e. The van der Waals surface area contributed by atoms with Crippen molar-refractivity contribution in [3.05, 3.63) is 0 Å². The van der Waals surface area contributed by atoms with Crippen molar-refractivity contribution in [3.63, 3.8) is 0 Å². The number of piperazine rings is 1. The standard InChI is InChI=1S/C17H31N5O3/c1-12-4-3-5-14(10-12)20-15(23)11-21-6-8-22(9-7-21)16(24)13(2)19-17(18)25/h12-14H,3-11H2,1-2H3,(H,20,23)(H3,18,19,25). The highest BCUT2D eigenvalue weighted by Crippen LogP contribution is 2.23. The molecule has 0 spiro atoms. The molecule has 1 saturated carbocycles. The summed E-state index contributed by atoms with van der Waals surface area (Å²) in [5, 5.41) is 5.55. The Balaban J connectivity index is 1.70. The van der Waals surface area contributed by atoms with Crippen LogP contribution in [-0.4, -0.2) is 72.5 Å². The lowest BCUT2D eigenvalue weighted by atomic mass is 9.87. The van der Waals surface area contributed by atoms with Gasteiger partial charge in [0.1, 0.15) is 6.04 Å². The molecule has 2 rings (SSSR count). The summed E-state index contributed by atoms with van der Waals surface area (Å²) in [6.07, 6.45) is 4.58. The molecular weight excluding hydrogens is 322 g/mol. The van der Waals surface area contributed by atoms with E-state index in [-0.39, 0.29) is 11.8 Å². The fourth-order valence-electron chi connectivity index (χ4n) is 3.72. The molecule has 2 aliphatic rings. The molecule has 3 atom stereocenters. The van der Waals surface area contributed by atoms with Gasteiger partial charge in [-0.15, -0.1) is 0 Å². The molecule has 3 unspecified atom stereocenters. The zero-order valence-electron chi connectivity index (χ0n) is 15.3. The Labute approximate surface area is 149 Å². The molecule has 1 heterocycles. The lowest BCUT2D eigenvalue weighted by molar-refractivity contribution is -0.134. The molecule has 0 radical (unpaired) electrons. The van der Waals surface area contributed by atoms with Crippen LogP contribution in [0, 0.1) is 5.92 Å². The van der Waals surface area contributed by atoms with Crippen molar-refractivity contribution in [1.82, 2.24) is 20.4 Å². The van der Waals surface area contributed by atoms with Gasteiger partial charge in [-0.2, -0.15) is 0 Å². The highest BCUT2D eigenvalue weighted by atomic mass is 16.2. The molecule has 1 saturated heterocycles. The van der Waals surface area contributed by atoms with E-state index in [1.807, 2.05) is 0 Å². The van der Waals surface area contributed by atoms with Crippen LogP contribution < -0.4 is 16.4 Å². The summed E-state index contributed by atoms with van der Waals surface area (Å²) in [7, 11) is 0. The third kappa shape index (κ3) is 6.19. The first kappa shape index (κ1) is 19.5. The molecular formula is C17H31N5O3. The largest absolute Gasteiger partial charge is 0.352 e. The van der Waals surface area contributed by atoms with E-state index in [2.05, 4.69) is 22.5 Å². The zero-order valence-corrected chi connectivity index (χ0v) is 15.3. The predicted molar refractivity (Wildman–Crippen MR) is 94.8 cm³/mol. The summed E-state index contributed by atoms with van der Waals surface area (Å²) in [5.74, 6) is 0.617. The van der Waals surface area contributed by atoms with Crippen LogP contribution in [0.3, 0.4) is 0 Å². The minimum Gasteiger partial charge on any atom is -0.352 e. The normalized spacial score (nSPS) is 25.9. The molecule has 142 valence electrons. The van der Waals surface area contributed by atoms with Crippen molar-refractivity contribution in [2.24, 2.45) is 11.7 Å². The van der Waals surface area contributed by atoms with Gasteiger partial charge in [-0.25, -0.2) is 4.79 Å². The fraction of sp³-hybridized carbons (Fsp3) is 0.824. The number of urea groups is 1. The number of hydrogen-bond acceptors (Lipinski definition) is 4. The molecule has 1 aliphatic heterocycles. The molecule has 1 aliphatic carbocycles. The van der Waals surface area contributed by atoms with Gasteiger partial charge in [0, 0.05) is 32.2 Å². The van der Waals surface area contributed by atoms with E-state index in [1.54, 1.807) is 11.8 Å². The fourth-order valence-corrected chi connectivity index (χ4v) is 3.72. The lowest BCUT2D eigenvalue weighted by Gasteiger charge is -2.36. The van der Waals surface area contributed by atoms with Crippen molar-refractivity contribution in [3.8, 4) is 0 Å². The average Bonchev–Trinajstić information content (AvgIpc) is 2.54. The second-order valence-electron chi connectivity index (χ2n) is 7.37. The molecule has 0 bridgehead atoms. The summed E-state index contributed by atoms with van der Waals surface area (Å²) in [6, 6.07) is -1.02. The second-order valence-corrected chi connectivity index (χ2v) is 7.37. The van der Waals surface area contributed by atoms with Gasteiger partial charge < -0.3 is 21.3 Å². The van der Waals surface area contributed by atoms with E-state index in [0.29, 0.717) is 44.7 Å². The number of nitrogens with one attached hydrogen (secondary N) is 2. The van der Waals surface area contributed by atoms with Crippen LogP contribution in [0.1, 0.15) is 39.5 Å². The number of primary amides is 1. The molecule has 0 aromatic rings. The second kappa shape index (κ2) is 9.03. The first-order valence-electron chi connectivity index (χ1n) is 9.21. The van der Waals surface area contributed by atoms with Crippen LogP contribution in [0.4, 0.5) is 4.79 Å². The first-order valence-corrected chi connectivity index (χ1v) is 9.21. The van der Waals surface area contributed by atoms with E-state index in [0.717, 1.165) is 12.8 Å². The van der Waals surface area contributed by atoms with Gasteiger partial charge in [-0.1, -0.05) is 19.8 Å². The topological polar surface area (TPSA) is 108 Å². The van der Waals surface area contributed by atoms with Crippen molar-refractivity contribution >= 4 is 17.8 Å². The average molecular weight is 353 g/mol. The molecule has 8 heteroatoms. The van der Waals surface area contributed by atoms with E-state index in [1.165, 1.54) is 12.8 Å². The number of carbonyl (C=O) groups excluding carboxylic acids is 3. The molecule has 4 N–H and O–H groups in total. The number of carbonyl (C=O) groups is 3. The van der Waals surface area contributed by atoms with E-state index >= 15 is 0 Å². The maximum atomic E-state index is 12.2.